The van der Waals surface area contributed by atoms with E-state index in [-0.39, 0.29) is 34.9 Å². The van der Waals surface area contributed by atoms with Gasteiger partial charge in [0.2, 0.25) is 17.5 Å². The van der Waals surface area contributed by atoms with Gasteiger partial charge < -0.3 is 19.6 Å². The number of furan rings is 1. The van der Waals surface area contributed by atoms with Crippen LogP contribution in [0.1, 0.15) is 71.0 Å². The van der Waals surface area contributed by atoms with E-state index in [4.69, 9.17) is 14.1 Å². The summed E-state index contributed by atoms with van der Waals surface area (Å²) in [7, 11) is -4.24. The highest BCUT2D eigenvalue weighted by Crippen LogP contribution is 2.41. The van der Waals surface area contributed by atoms with Gasteiger partial charge >= 0.3 is 5.97 Å². The van der Waals surface area contributed by atoms with Crippen molar-refractivity contribution in [3.63, 3.8) is 0 Å². The summed E-state index contributed by atoms with van der Waals surface area (Å²) in [6.07, 6.45) is 9.37. The molecule has 0 bridgehead atoms. The summed E-state index contributed by atoms with van der Waals surface area (Å²) in [5.74, 6) is 0.159. The van der Waals surface area contributed by atoms with Gasteiger partial charge in [0.1, 0.15) is 17.9 Å². The number of carboxylic acids is 1. The predicted molar refractivity (Wildman–Crippen MR) is 183 cm³/mol. The molecule has 49 heavy (non-hydrogen) atoms. The van der Waals surface area contributed by atoms with Crippen molar-refractivity contribution in [2.24, 2.45) is 0 Å². The Morgan fingerprint density at radius 1 is 1.06 bits per heavy atom. The lowest BCUT2D eigenvalue weighted by Crippen LogP contribution is -2.33. The summed E-state index contributed by atoms with van der Waals surface area (Å²) in [5.41, 5.74) is 6.44. The molecule has 2 aliphatic carbocycles. The van der Waals surface area contributed by atoms with Gasteiger partial charge in [-0.3, -0.25) is 0 Å². The molecule has 0 radical (unpaired) electrons. The zero-order chi connectivity index (χ0) is 34.1. The SMILES string of the molecule is Cc1cccc(C)c1-c1cc(OCC(C=C2CCC2)NCc2cnc3oc(C4CC4)cc3n2)nc(NS(=O)(=O)c2cccc(C(=O)O)c2)n1. The number of anilines is 1. The largest absolute Gasteiger partial charge is 0.478 e. The van der Waals surface area contributed by atoms with E-state index < -0.39 is 16.0 Å². The predicted octanol–water partition coefficient (Wildman–Crippen LogP) is 6.32. The summed E-state index contributed by atoms with van der Waals surface area (Å²) >= 11 is 0. The third-order valence-electron chi connectivity index (χ3n) is 8.73. The van der Waals surface area contributed by atoms with E-state index in [0.29, 0.717) is 23.9 Å². The van der Waals surface area contributed by atoms with Crippen molar-refractivity contribution < 1.29 is 27.5 Å². The Hall–Kier alpha value is -5.14. The van der Waals surface area contributed by atoms with Gasteiger partial charge in [-0.25, -0.2) is 32.9 Å². The average molecular weight is 681 g/mol. The van der Waals surface area contributed by atoms with Gasteiger partial charge in [0.25, 0.3) is 10.0 Å². The van der Waals surface area contributed by atoms with Crippen molar-refractivity contribution in [1.29, 1.82) is 0 Å². The smallest absolute Gasteiger partial charge is 0.335 e. The number of aromatic carboxylic acids is 1. The fourth-order valence-corrected chi connectivity index (χ4v) is 6.80. The van der Waals surface area contributed by atoms with Gasteiger partial charge in [0, 0.05) is 30.2 Å². The number of aromatic nitrogens is 4. The molecule has 1 atom stereocenters. The van der Waals surface area contributed by atoms with E-state index in [9.17, 15) is 18.3 Å². The Labute approximate surface area is 283 Å². The lowest BCUT2D eigenvalue weighted by atomic mass is 9.91. The number of benzene rings is 2. The van der Waals surface area contributed by atoms with E-state index in [2.05, 4.69) is 31.1 Å². The second kappa shape index (κ2) is 13.4. The highest BCUT2D eigenvalue weighted by Gasteiger charge is 2.28. The van der Waals surface area contributed by atoms with Crippen molar-refractivity contribution in [2.75, 3.05) is 11.3 Å². The third-order valence-corrected chi connectivity index (χ3v) is 10.1. The van der Waals surface area contributed by atoms with Crippen molar-refractivity contribution in [3.8, 4) is 17.1 Å². The summed E-state index contributed by atoms with van der Waals surface area (Å²) in [6, 6.07) is 14.4. The molecule has 3 heterocycles. The quantitative estimate of drug-likeness (QED) is 0.119. The molecule has 2 aromatic carbocycles. The maximum Gasteiger partial charge on any atom is 0.335 e. The number of nitrogens with one attached hydrogen (secondary N) is 2. The van der Waals surface area contributed by atoms with Gasteiger partial charge in [0.15, 0.2) is 0 Å². The third kappa shape index (κ3) is 7.47. The van der Waals surface area contributed by atoms with E-state index in [1.807, 2.05) is 38.1 Å². The Morgan fingerprint density at radius 2 is 1.84 bits per heavy atom. The second-order valence-corrected chi connectivity index (χ2v) is 14.3. The first kappa shape index (κ1) is 32.4. The molecule has 1 unspecified atom stereocenters. The lowest BCUT2D eigenvalue weighted by Gasteiger charge is -2.22. The van der Waals surface area contributed by atoms with Gasteiger partial charge in [-0.2, -0.15) is 4.98 Å². The Kier molecular flexibility index (Phi) is 8.86. The summed E-state index contributed by atoms with van der Waals surface area (Å²) in [5, 5.41) is 12.9. The number of allylic oxidation sites excluding steroid dienone is 1. The molecule has 7 rings (SSSR count). The number of carboxylic acid groups (broad SMARTS) is 1. The standard InChI is InChI=1S/C36H36N6O6S/c1-21-6-3-7-22(2)33(21)29-17-32(41-36(40-29)42-49(45,46)28-11-5-10-25(15-28)35(43)44)47-20-26(14-23-8-4-9-23)37-18-27-19-38-34-30(39-27)16-31(48-34)24-12-13-24/h3,5-7,10-11,14-17,19,24,26,37H,4,8-9,12-13,18,20H2,1-2H3,(H,43,44)(H,40,41,42). The van der Waals surface area contributed by atoms with Crippen LogP contribution in [0.25, 0.3) is 22.5 Å². The average Bonchev–Trinajstić information content (AvgIpc) is 3.82. The summed E-state index contributed by atoms with van der Waals surface area (Å²) in [6.45, 7) is 4.55. The molecule has 0 saturated heterocycles. The number of hydrogen-bond donors (Lipinski definition) is 3. The minimum atomic E-state index is -4.24. The van der Waals surface area contributed by atoms with Crippen LogP contribution < -0.4 is 14.8 Å². The molecule has 0 aliphatic heterocycles. The number of ether oxygens (including phenoxy) is 1. The van der Waals surface area contributed by atoms with Crippen LogP contribution >= 0.6 is 0 Å². The number of aryl methyl sites for hydroxylation is 2. The number of rotatable bonds is 13. The molecule has 2 aliphatic rings. The minimum Gasteiger partial charge on any atom is -0.478 e. The zero-order valence-electron chi connectivity index (χ0n) is 27.1. The molecule has 2 saturated carbocycles. The lowest BCUT2D eigenvalue weighted by molar-refractivity contribution is 0.0696. The van der Waals surface area contributed by atoms with E-state index in [0.717, 1.165) is 71.8 Å². The van der Waals surface area contributed by atoms with Crippen molar-refractivity contribution >= 4 is 33.2 Å². The van der Waals surface area contributed by atoms with E-state index in [1.165, 1.54) is 23.8 Å². The van der Waals surface area contributed by atoms with Crippen LogP contribution in [0.5, 0.6) is 5.88 Å². The highest BCUT2D eigenvalue weighted by atomic mass is 32.2. The molecule has 252 valence electrons. The highest BCUT2D eigenvalue weighted by molar-refractivity contribution is 7.92. The first-order chi connectivity index (χ1) is 23.6. The Morgan fingerprint density at radius 3 is 2.55 bits per heavy atom. The fraction of sp³-hybridized carbons (Fsp3) is 0.306. The topological polar surface area (TPSA) is 169 Å². The molecule has 2 fully saturated rings. The van der Waals surface area contributed by atoms with Gasteiger partial charge in [-0.15, -0.1) is 0 Å². The number of fused-ring (bicyclic) bond motifs is 1. The number of nitrogens with zero attached hydrogens (tertiary/aromatic N) is 4. The molecule has 3 N–H and O–H groups in total. The van der Waals surface area contributed by atoms with Crippen LogP contribution in [0.15, 0.2) is 81.8 Å². The Bertz CT molecular complexity index is 2170. The molecular weight excluding hydrogens is 644 g/mol. The second-order valence-electron chi connectivity index (χ2n) is 12.6. The molecule has 12 nitrogen and oxygen atoms in total. The number of sulfonamides is 1. The van der Waals surface area contributed by atoms with Crippen molar-refractivity contribution in [1.82, 2.24) is 25.3 Å². The van der Waals surface area contributed by atoms with Crippen molar-refractivity contribution in [3.05, 3.63) is 101 Å². The van der Waals surface area contributed by atoms with Crippen LogP contribution in [-0.2, 0) is 16.6 Å². The minimum absolute atomic E-state index is 0.157. The first-order valence-electron chi connectivity index (χ1n) is 16.2. The number of hydrogen-bond acceptors (Lipinski definition) is 10. The van der Waals surface area contributed by atoms with Crippen molar-refractivity contribution in [2.45, 2.75) is 69.4 Å². The molecule has 0 amide bonds. The normalized spacial score (nSPS) is 15.1. The van der Waals surface area contributed by atoms with Crippen LogP contribution in [0, 0.1) is 13.8 Å². The van der Waals surface area contributed by atoms with Crippen LogP contribution in [0.4, 0.5) is 5.95 Å². The Balaban J connectivity index is 1.14. The maximum atomic E-state index is 13.4. The molecule has 3 aromatic heterocycles. The molecule has 5 aromatic rings. The summed E-state index contributed by atoms with van der Waals surface area (Å²) < 4.78 is 41.3. The van der Waals surface area contributed by atoms with Gasteiger partial charge in [-0.05, 0) is 75.3 Å². The van der Waals surface area contributed by atoms with Crippen LogP contribution in [-0.4, -0.2) is 52.1 Å². The van der Waals surface area contributed by atoms with Gasteiger partial charge in [-0.1, -0.05) is 35.9 Å². The summed E-state index contributed by atoms with van der Waals surface area (Å²) in [4.78, 5) is 29.5. The van der Waals surface area contributed by atoms with Gasteiger partial charge in [0.05, 0.1) is 34.1 Å². The van der Waals surface area contributed by atoms with E-state index in [1.54, 1.807) is 12.3 Å². The van der Waals surface area contributed by atoms with Crippen LogP contribution in [0.2, 0.25) is 0 Å². The monoisotopic (exact) mass is 680 g/mol. The number of carbonyl (C=O) groups is 1. The molecule has 0 spiro atoms. The van der Waals surface area contributed by atoms with Crippen LogP contribution in [0.3, 0.4) is 0 Å². The maximum absolute atomic E-state index is 13.4. The molecule has 13 heteroatoms. The first-order valence-corrected chi connectivity index (χ1v) is 17.7. The zero-order valence-corrected chi connectivity index (χ0v) is 28.0. The fourth-order valence-electron chi connectivity index (χ4n) is 5.81. The van der Waals surface area contributed by atoms with E-state index >= 15 is 0 Å². The molecular formula is C36H36N6O6S.